The van der Waals surface area contributed by atoms with E-state index in [4.69, 9.17) is 9.63 Å². The van der Waals surface area contributed by atoms with Gasteiger partial charge in [-0.05, 0) is 62.3 Å². The highest BCUT2D eigenvalue weighted by atomic mass is 19.1. The molecule has 2 aliphatic heterocycles. The van der Waals surface area contributed by atoms with Gasteiger partial charge in [-0.1, -0.05) is 26.0 Å². The smallest absolute Gasteiger partial charge is 0.291 e. The first kappa shape index (κ1) is 23.9. The molecule has 4 heterocycles. The number of rotatable bonds is 6. The molecular formula is C25H33FN6O3. The highest BCUT2D eigenvalue weighted by molar-refractivity contribution is 5.83. The van der Waals surface area contributed by atoms with Gasteiger partial charge in [0.05, 0.1) is 5.69 Å². The van der Waals surface area contributed by atoms with Crippen molar-refractivity contribution in [3.8, 4) is 5.95 Å². The molecule has 0 unspecified atom stereocenters. The predicted octanol–water partition coefficient (Wildman–Crippen LogP) is 2.91. The number of carbonyl (C=O) groups excluding carboxylic acids is 1. The lowest BCUT2D eigenvalue weighted by molar-refractivity contribution is -0.135. The van der Waals surface area contributed by atoms with E-state index in [0.29, 0.717) is 36.5 Å². The summed E-state index contributed by atoms with van der Waals surface area (Å²) in [5.74, 6) is 0.859. The third kappa shape index (κ3) is 4.81. The monoisotopic (exact) mass is 484 g/mol. The molecule has 2 aliphatic rings. The summed E-state index contributed by atoms with van der Waals surface area (Å²) in [6.45, 7) is 7.07. The zero-order valence-corrected chi connectivity index (χ0v) is 20.4. The number of aromatic nitrogens is 4. The van der Waals surface area contributed by atoms with Crippen molar-refractivity contribution in [2.24, 2.45) is 5.92 Å². The first-order valence-electron chi connectivity index (χ1n) is 12.6. The molecule has 10 heteroatoms. The lowest BCUT2D eigenvalue weighted by Crippen LogP contribution is -2.49. The van der Waals surface area contributed by atoms with E-state index in [-0.39, 0.29) is 23.6 Å². The minimum atomic E-state index is -0.414. The molecule has 0 saturated carbocycles. The van der Waals surface area contributed by atoms with Crippen molar-refractivity contribution in [1.29, 1.82) is 0 Å². The summed E-state index contributed by atoms with van der Waals surface area (Å²) >= 11 is 0. The number of halogens is 1. The topological polar surface area (TPSA) is 101 Å². The van der Waals surface area contributed by atoms with E-state index in [2.05, 4.69) is 34.0 Å². The number of amides is 1. The second-order valence-corrected chi connectivity index (χ2v) is 10.1. The third-order valence-electron chi connectivity index (χ3n) is 7.30. The van der Waals surface area contributed by atoms with Gasteiger partial charge in [0.25, 0.3) is 5.95 Å². The van der Waals surface area contributed by atoms with Crippen LogP contribution >= 0.6 is 0 Å². The summed E-state index contributed by atoms with van der Waals surface area (Å²) in [5, 5.41) is 18.7. The van der Waals surface area contributed by atoms with Crippen LogP contribution in [0.3, 0.4) is 0 Å². The molecule has 1 N–H and O–H groups in total. The number of piperidine rings is 2. The highest BCUT2D eigenvalue weighted by Crippen LogP contribution is 2.31. The van der Waals surface area contributed by atoms with Gasteiger partial charge >= 0.3 is 0 Å². The van der Waals surface area contributed by atoms with E-state index in [9.17, 15) is 9.18 Å². The van der Waals surface area contributed by atoms with Crippen LogP contribution in [0.2, 0.25) is 0 Å². The Hall–Kier alpha value is -2.85. The average Bonchev–Trinajstić information content (AvgIpc) is 3.50. The van der Waals surface area contributed by atoms with Crippen LogP contribution in [0.15, 0.2) is 22.7 Å². The molecule has 188 valence electrons. The Morgan fingerprint density at radius 1 is 1.17 bits per heavy atom. The molecule has 3 aromatic rings. The maximum atomic E-state index is 14.8. The molecule has 0 aliphatic carbocycles. The van der Waals surface area contributed by atoms with Gasteiger partial charge in [-0.15, -0.1) is 0 Å². The normalized spacial score (nSPS) is 18.7. The average molecular weight is 485 g/mol. The highest BCUT2D eigenvalue weighted by Gasteiger charge is 2.32. The van der Waals surface area contributed by atoms with Crippen LogP contribution in [-0.4, -0.2) is 79.6 Å². The molecule has 0 spiro atoms. The van der Waals surface area contributed by atoms with Crippen LogP contribution < -0.4 is 0 Å². The summed E-state index contributed by atoms with van der Waals surface area (Å²) in [5.41, 5.74) is 1.22. The number of likely N-dealkylation sites (tertiary alicyclic amines) is 2. The minimum Gasteiger partial charge on any atom is -0.387 e. The lowest BCUT2D eigenvalue weighted by atomic mass is 9.93. The molecule has 5 rings (SSSR count). The summed E-state index contributed by atoms with van der Waals surface area (Å²) < 4.78 is 21.9. The quantitative estimate of drug-likeness (QED) is 0.574. The van der Waals surface area contributed by atoms with Gasteiger partial charge in [0, 0.05) is 30.4 Å². The number of nitrogens with zero attached hydrogens (tertiary/aromatic N) is 6. The summed E-state index contributed by atoms with van der Waals surface area (Å²) in [6.07, 6.45) is 4.41. The second kappa shape index (κ2) is 10.0. The third-order valence-corrected chi connectivity index (χ3v) is 7.30. The van der Waals surface area contributed by atoms with Crippen LogP contribution in [0.25, 0.3) is 16.9 Å². The van der Waals surface area contributed by atoms with E-state index in [0.717, 1.165) is 56.3 Å². The molecule has 0 radical (unpaired) electrons. The van der Waals surface area contributed by atoms with Crippen molar-refractivity contribution in [1.82, 2.24) is 29.7 Å². The Morgan fingerprint density at radius 3 is 2.60 bits per heavy atom. The molecule has 0 atom stereocenters. The molecular weight excluding hydrogens is 451 g/mol. The number of aliphatic hydroxyl groups is 1. The fourth-order valence-electron chi connectivity index (χ4n) is 5.44. The largest absolute Gasteiger partial charge is 0.387 e. The van der Waals surface area contributed by atoms with Crippen molar-refractivity contribution in [3.05, 3.63) is 35.6 Å². The molecule has 2 saturated heterocycles. The fraction of sp³-hybridized carbons (Fsp3) is 0.600. The number of hydrogen-bond acceptors (Lipinski definition) is 7. The molecule has 0 bridgehead atoms. The van der Waals surface area contributed by atoms with E-state index in [1.807, 2.05) is 6.07 Å². The van der Waals surface area contributed by atoms with Gasteiger partial charge < -0.3 is 19.4 Å². The zero-order chi connectivity index (χ0) is 24.5. The van der Waals surface area contributed by atoms with Crippen molar-refractivity contribution >= 4 is 16.8 Å². The van der Waals surface area contributed by atoms with Gasteiger partial charge in [-0.3, -0.25) is 4.79 Å². The Morgan fingerprint density at radius 2 is 1.91 bits per heavy atom. The van der Waals surface area contributed by atoms with Gasteiger partial charge in [-0.25, -0.2) is 4.39 Å². The molecule has 2 aromatic heterocycles. The van der Waals surface area contributed by atoms with Crippen LogP contribution in [0, 0.1) is 11.7 Å². The van der Waals surface area contributed by atoms with Gasteiger partial charge in [0.1, 0.15) is 17.9 Å². The van der Waals surface area contributed by atoms with E-state index in [1.165, 1.54) is 10.7 Å². The maximum Gasteiger partial charge on any atom is 0.291 e. The van der Waals surface area contributed by atoms with E-state index < -0.39 is 6.61 Å². The first-order valence-corrected chi connectivity index (χ1v) is 12.6. The predicted molar refractivity (Wildman–Crippen MR) is 128 cm³/mol. The summed E-state index contributed by atoms with van der Waals surface area (Å²) in [6, 6.07) is 5.48. The molecule has 1 amide bonds. The Labute approximate surface area is 203 Å². The van der Waals surface area contributed by atoms with Crippen LogP contribution in [0.5, 0.6) is 0 Å². The fourth-order valence-corrected chi connectivity index (χ4v) is 5.44. The summed E-state index contributed by atoms with van der Waals surface area (Å²) in [4.78, 5) is 20.6. The maximum absolute atomic E-state index is 14.8. The zero-order valence-electron chi connectivity index (χ0n) is 20.4. The Kier molecular flexibility index (Phi) is 6.84. The second-order valence-electron chi connectivity index (χ2n) is 10.1. The number of benzene rings is 1. The molecule has 35 heavy (non-hydrogen) atoms. The number of carbonyl (C=O) groups is 1. The van der Waals surface area contributed by atoms with Crippen molar-refractivity contribution in [3.63, 3.8) is 0 Å². The Bertz CT molecular complexity index is 1180. The number of para-hydroxylation sites is 1. The van der Waals surface area contributed by atoms with Crippen LogP contribution in [-0.2, 0) is 11.2 Å². The van der Waals surface area contributed by atoms with Crippen molar-refractivity contribution in [2.45, 2.75) is 57.9 Å². The van der Waals surface area contributed by atoms with Gasteiger partial charge in [-0.2, -0.15) is 14.8 Å². The Balaban J connectivity index is 1.26. The lowest BCUT2D eigenvalue weighted by Gasteiger charge is -2.41. The first-order chi connectivity index (χ1) is 16.9. The van der Waals surface area contributed by atoms with Crippen LogP contribution in [0.4, 0.5) is 4.39 Å². The number of fused-ring (bicyclic) bond motifs is 1. The van der Waals surface area contributed by atoms with Crippen molar-refractivity contribution < 1.29 is 18.8 Å². The van der Waals surface area contributed by atoms with Gasteiger partial charge in [0.15, 0.2) is 0 Å². The van der Waals surface area contributed by atoms with E-state index >= 15 is 0 Å². The van der Waals surface area contributed by atoms with Crippen molar-refractivity contribution in [2.75, 3.05) is 32.8 Å². The number of aliphatic hydroxyl groups excluding tert-OH is 1. The standard InChI is InChI=1S/C25H33FN6O3/c1-16(2)14-21-19-4-3-5-20(26)23(19)32(28-21)25-27-24(35-29-25)17-6-10-30(11-7-17)18-8-12-31(13-9-18)22(34)15-33/h3-5,16-18,33H,6-15H2,1-2H3. The van der Waals surface area contributed by atoms with E-state index in [1.54, 1.807) is 11.0 Å². The molecule has 9 nitrogen and oxygen atoms in total. The SMILES string of the molecule is CC(C)Cc1nn(-c2noc(C3CCN(C4CCN(C(=O)CO)CC4)CC3)n2)c2c(F)cccc12. The summed E-state index contributed by atoms with van der Waals surface area (Å²) in [7, 11) is 0. The molecule has 1 aromatic carbocycles. The minimum absolute atomic E-state index is 0.158. The molecule has 2 fully saturated rings. The van der Waals surface area contributed by atoms with Crippen LogP contribution in [0.1, 0.15) is 57.0 Å². The van der Waals surface area contributed by atoms with Gasteiger partial charge in [0.2, 0.25) is 11.8 Å². The number of hydrogen-bond donors (Lipinski definition) is 1.